The van der Waals surface area contributed by atoms with E-state index in [0.717, 1.165) is 62.3 Å². The molecule has 5 rings (SSSR count). The number of hydrogen-bond donors (Lipinski definition) is 0. The summed E-state index contributed by atoms with van der Waals surface area (Å²) < 4.78 is 11.9. The highest BCUT2D eigenvalue weighted by atomic mass is 35.5. The van der Waals surface area contributed by atoms with Crippen molar-refractivity contribution in [3.8, 4) is 11.1 Å². The first-order chi connectivity index (χ1) is 16.6. The van der Waals surface area contributed by atoms with Crippen LogP contribution in [0, 0.1) is 13.8 Å². The molecule has 0 amide bonds. The fraction of sp³-hybridized carbons (Fsp3) is 0.207. The maximum atomic E-state index is 6.62. The highest BCUT2D eigenvalue weighted by molar-refractivity contribution is 6.33. The molecule has 1 aliphatic rings. The van der Waals surface area contributed by atoms with Gasteiger partial charge in [-0.05, 0) is 55.7 Å². The quantitative estimate of drug-likeness (QED) is 0.285. The van der Waals surface area contributed by atoms with E-state index in [0.29, 0.717) is 6.61 Å². The summed E-state index contributed by atoms with van der Waals surface area (Å²) in [5, 5.41) is 5.09. The number of nitrogens with zero attached hydrogens (tertiary/aromatic N) is 2. The standard InChI is InChI=1S/C29H27ClN2O2/c1-4-23-17-28(25-12-8-9-13-27(25)32(23)29-19(2)20(3)34-31-29)33-18-21-14-15-24(26(30)16-21)22-10-6-5-7-11-22/h5-17,23H,4,18H2,1-3H3. The summed E-state index contributed by atoms with van der Waals surface area (Å²) in [5.74, 6) is 2.57. The largest absolute Gasteiger partial charge is 0.488 e. The van der Waals surface area contributed by atoms with Crippen molar-refractivity contribution in [2.24, 2.45) is 0 Å². The van der Waals surface area contributed by atoms with Crippen LogP contribution in [0.4, 0.5) is 11.5 Å². The predicted molar refractivity (Wildman–Crippen MR) is 138 cm³/mol. The van der Waals surface area contributed by atoms with Gasteiger partial charge < -0.3 is 14.2 Å². The summed E-state index contributed by atoms with van der Waals surface area (Å²) >= 11 is 6.62. The summed E-state index contributed by atoms with van der Waals surface area (Å²) in [4.78, 5) is 2.25. The van der Waals surface area contributed by atoms with Crippen LogP contribution in [-0.2, 0) is 11.3 Å². The van der Waals surface area contributed by atoms with E-state index in [9.17, 15) is 0 Å². The van der Waals surface area contributed by atoms with Gasteiger partial charge in [0, 0.05) is 21.7 Å². The molecule has 1 atom stereocenters. The minimum Gasteiger partial charge on any atom is -0.488 e. The summed E-state index contributed by atoms with van der Waals surface area (Å²) in [5.41, 5.74) is 6.32. The Kier molecular flexibility index (Phi) is 6.16. The Hall–Kier alpha value is -3.50. The van der Waals surface area contributed by atoms with E-state index in [4.69, 9.17) is 20.9 Å². The summed E-state index contributed by atoms with van der Waals surface area (Å²) in [6, 6.07) is 24.7. The minimum atomic E-state index is 0.108. The molecular weight excluding hydrogens is 444 g/mol. The summed E-state index contributed by atoms with van der Waals surface area (Å²) in [6.07, 6.45) is 3.09. The molecular formula is C29H27ClN2O2. The van der Waals surface area contributed by atoms with Gasteiger partial charge in [0.15, 0.2) is 5.82 Å². The lowest BCUT2D eigenvalue weighted by Gasteiger charge is -2.35. The number of aryl methyl sites for hydroxylation is 1. The van der Waals surface area contributed by atoms with E-state index in [2.05, 4.69) is 66.4 Å². The molecule has 3 aromatic carbocycles. The molecule has 0 saturated heterocycles. The maximum absolute atomic E-state index is 6.62. The van der Waals surface area contributed by atoms with E-state index in [1.165, 1.54) is 0 Å². The zero-order chi connectivity index (χ0) is 23.7. The average Bonchev–Trinajstić information content (AvgIpc) is 3.20. The Labute approximate surface area is 205 Å². The molecule has 0 radical (unpaired) electrons. The van der Waals surface area contributed by atoms with Gasteiger partial charge in [-0.2, -0.15) is 0 Å². The topological polar surface area (TPSA) is 38.5 Å². The fourth-order valence-electron chi connectivity index (χ4n) is 4.40. The second-order valence-electron chi connectivity index (χ2n) is 8.55. The third-order valence-electron chi connectivity index (χ3n) is 6.40. The molecule has 172 valence electrons. The Morgan fingerprint density at radius 1 is 0.971 bits per heavy atom. The van der Waals surface area contributed by atoms with Crippen LogP contribution in [0.25, 0.3) is 16.9 Å². The molecule has 4 nitrogen and oxygen atoms in total. The number of ether oxygens (including phenoxy) is 1. The smallest absolute Gasteiger partial charge is 0.180 e. The van der Waals surface area contributed by atoms with Crippen LogP contribution < -0.4 is 4.90 Å². The first kappa shape index (κ1) is 22.3. The van der Waals surface area contributed by atoms with Gasteiger partial charge in [-0.3, -0.25) is 0 Å². The summed E-state index contributed by atoms with van der Waals surface area (Å²) in [7, 11) is 0. The molecule has 0 fully saturated rings. The van der Waals surface area contributed by atoms with Crippen molar-refractivity contribution in [1.29, 1.82) is 0 Å². The molecule has 1 unspecified atom stereocenters. The third kappa shape index (κ3) is 4.10. The van der Waals surface area contributed by atoms with Gasteiger partial charge in [-0.15, -0.1) is 0 Å². The van der Waals surface area contributed by atoms with E-state index < -0.39 is 0 Å². The SMILES string of the molecule is CCC1C=C(OCc2ccc(-c3ccccc3)c(Cl)c2)c2ccccc2N1c1noc(C)c1C. The van der Waals surface area contributed by atoms with Crippen LogP contribution in [0.15, 0.2) is 83.4 Å². The lowest BCUT2D eigenvalue weighted by Crippen LogP contribution is -2.33. The lowest BCUT2D eigenvalue weighted by atomic mass is 9.98. The maximum Gasteiger partial charge on any atom is 0.180 e. The Morgan fingerprint density at radius 2 is 1.74 bits per heavy atom. The highest BCUT2D eigenvalue weighted by Crippen LogP contribution is 2.41. The number of anilines is 2. The van der Waals surface area contributed by atoms with Crippen LogP contribution in [0.5, 0.6) is 0 Å². The first-order valence-electron chi connectivity index (χ1n) is 11.6. The van der Waals surface area contributed by atoms with E-state index in [1.54, 1.807) is 0 Å². The average molecular weight is 471 g/mol. The molecule has 0 spiro atoms. The Balaban J connectivity index is 1.42. The molecule has 0 N–H and O–H groups in total. The van der Waals surface area contributed by atoms with Crippen LogP contribution >= 0.6 is 11.6 Å². The molecule has 0 bridgehead atoms. The van der Waals surface area contributed by atoms with Crippen molar-refractivity contribution >= 4 is 28.9 Å². The molecule has 2 heterocycles. The molecule has 1 aliphatic heterocycles. The van der Waals surface area contributed by atoms with Crippen LogP contribution in [-0.4, -0.2) is 11.2 Å². The number of hydrogen-bond acceptors (Lipinski definition) is 4. The van der Waals surface area contributed by atoms with E-state index >= 15 is 0 Å². The monoisotopic (exact) mass is 470 g/mol. The normalized spacial score (nSPS) is 15.1. The molecule has 0 saturated carbocycles. The van der Waals surface area contributed by atoms with Crippen molar-refractivity contribution in [2.45, 2.75) is 39.8 Å². The Morgan fingerprint density at radius 3 is 2.44 bits per heavy atom. The zero-order valence-electron chi connectivity index (χ0n) is 19.6. The zero-order valence-corrected chi connectivity index (χ0v) is 20.3. The Bertz CT molecular complexity index is 1340. The van der Waals surface area contributed by atoms with Crippen LogP contribution in [0.2, 0.25) is 5.02 Å². The van der Waals surface area contributed by atoms with Crippen LogP contribution in [0.1, 0.15) is 35.8 Å². The highest BCUT2D eigenvalue weighted by Gasteiger charge is 2.31. The molecule has 5 heteroatoms. The van der Waals surface area contributed by atoms with Crippen LogP contribution in [0.3, 0.4) is 0 Å². The lowest BCUT2D eigenvalue weighted by molar-refractivity contribution is 0.262. The fourth-order valence-corrected chi connectivity index (χ4v) is 4.71. The molecule has 34 heavy (non-hydrogen) atoms. The van der Waals surface area contributed by atoms with Gasteiger partial charge in [0.1, 0.15) is 18.1 Å². The van der Waals surface area contributed by atoms with Crippen molar-refractivity contribution < 1.29 is 9.26 Å². The van der Waals surface area contributed by atoms with Gasteiger partial charge in [-0.1, -0.05) is 78.3 Å². The van der Waals surface area contributed by atoms with Gasteiger partial charge in [0.05, 0.1) is 11.7 Å². The van der Waals surface area contributed by atoms with Gasteiger partial charge in [0.25, 0.3) is 0 Å². The summed E-state index contributed by atoms with van der Waals surface area (Å²) in [6.45, 7) is 6.61. The van der Waals surface area contributed by atoms with Gasteiger partial charge in [-0.25, -0.2) is 0 Å². The number of fused-ring (bicyclic) bond motifs is 1. The van der Waals surface area contributed by atoms with Gasteiger partial charge >= 0.3 is 0 Å². The molecule has 0 aliphatic carbocycles. The van der Waals surface area contributed by atoms with Crippen molar-refractivity contribution in [1.82, 2.24) is 5.16 Å². The molecule has 4 aromatic rings. The number of rotatable bonds is 6. The van der Waals surface area contributed by atoms with E-state index in [1.807, 2.05) is 43.3 Å². The van der Waals surface area contributed by atoms with Gasteiger partial charge in [0.2, 0.25) is 0 Å². The predicted octanol–water partition coefficient (Wildman–Crippen LogP) is 8.10. The molecule has 1 aromatic heterocycles. The van der Waals surface area contributed by atoms with Crippen molar-refractivity contribution in [3.05, 3.63) is 106 Å². The van der Waals surface area contributed by atoms with Crippen molar-refractivity contribution in [3.63, 3.8) is 0 Å². The van der Waals surface area contributed by atoms with E-state index in [-0.39, 0.29) is 6.04 Å². The number of aromatic nitrogens is 1. The number of halogens is 1. The minimum absolute atomic E-state index is 0.108. The second kappa shape index (κ2) is 9.40. The number of para-hydroxylation sites is 1. The third-order valence-corrected chi connectivity index (χ3v) is 6.71. The first-order valence-corrected chi connectivity index (χ1v) is 11.9. The second-order valence-corrected chi connectivity index (χ2v) is 8.96. The number of benzene rings is 3. The van der Waals surface area contributed by atoms with Crippen molar-refractivity contribution in [2.75, 3.05) is 4.90 Å².